The number of nitrogens with zero attached hydrogens (tertiary/aromatic N) is 1. The molecule has 0 atom stereocenters. The normalized spacial score (nSPS) is 14.2. The zero-order valence-electron chi connectivity index (χ0n) is 19.6. The van der Waals surface area contributed by atoms with Crippen molar-refractivity contribution in [2.45, 2.75) is 11.5 Å². The average Bonchev–Trinajstić information content (AvgIpc) is 2.91. The molecule has 3 aromatic rings. The number of rotatable bonds is 10. The van der Waals surface area contributed by atoms with Crippen molar-refractivity contribution in [1.82, 2.24) is 9.62 Å². The Labute approximate surface area is 215 Å². The van der Waals surface area contributed by atoms with Crippen molar-refractivity contribution in [2.24, 2.45) is 0 Å². The number of amides is 1. The van der Waals surface area contributed by atoms with E-state index in [2.05, 4.69) is 5.32 Å². The lowest BCUT2D eigenvalue weighted by Crippen LogP contribution is -2.40. The number of morpholine rings is 1. The largest absolute Gasteiger partial charge is 0.492 e. The van der Waals surface area contributed by atoms with E-state index in [1.165, 1.54) is 16.4 Å². The smallest absolute Gasteiger partial charge is 0.251 e. The molecule has 1 saturated heterocycles. The summed E-state index contributed by atoms with van der Waals surface area (Å²) in [6, 6.07) is 20.6. The molecule has 8 nitrogen and oxygen atoms in total. The molecule has 36 heavy (non-hydrogen) atoms. The predicted molar refractivity (Wildman–Crippen MR) is 136 cm³/mol. The fourth-order valence-electron chi connectivity index (χ4n) is 3.58. The minimum Gasteiger partial charge on any atom is -0.492 e. The van der Waals surface area contributed by atoms with Crippen molar-refractivity contribution in [1.29, 1.82) is 0 Å². The van der Waals surface area contributed by atoms with E-state index in [1.54, 1.807) is 42.5 Å². The van der Waals surface area contributed by atoms with Gasteiger partial charge in [-0.15, -0.1) is 0 Å². The average molecular weight is 531 g/mol. The van der Waals surface area contributed by atoms with Crippen molar-refractivity contribution >= 4 is 27.5 Å². The molecule has 0 aliphatic carbocycles. The van der Waals surface area contributed by atoms with Gasteiger partial charge in [0.1, 0.15) is 24.7 Å². The summed E-state index contributed by atoms with van der Waals surface area (Å²) in [6.45, 7) is 2.28. The van der Waals surface area contributed by atoms with Crippen LogP contribution >= 0.6 is 11.6 Å². The van der Waals surface area contributed by atoms with Crippen molar-refractivity contribution in [3.05, 3.63) is 88.9 Å². The van der Waals surface area contributed by atoms with Gasteiger partial charge in [0.15, 0.2) is 0 Å². The fraction of sp³-hybridized carbons (Fsp3) is 0.269. The summed E-state index contributed by atoms with van der Waals surface area (Å²) in [5.74, 6) is 0.819. The molecular formula is C26H27ClN2O6S. The molecule has 0 radical (unpaired) electrons. The number of carbonyl (C=O) groups excluding carboxylic acids is 1. The zero-order chi connectivity index (χ0) is 25.4. The first-order chi connectivity index (χ1) is 17.4. The number of sulfonamides is 1. The third kappa shape index (κ3) is 6.76. The van der Waals surface area contributed by atoms with Crippen molar-refractivity contribution in [2.75, 3.05) is 39.5 Å². The van der Waals surface area contributed by atoms with Crippen molar-refractivity contribution in [3.8, 4) is 11.5 Å². The Kier molecular flexibility index (Phi) is 8.82. The standard InChI is InChI=1S/C26H27ClN2O6S/c27-25-7-2-1-4-21(25)19-35-23-6-3-5-20(18-23)26(30)28-12-15-34-22-8-10-24(11-9-22)36(31,32)29-13-16-33-17-14-29/h1-11,18H,12-17,19H2,(H,28,30). The van der Waals surface area contributed by atoms with E-state index in [-0.39, 0.29) is 24.0 Å². The number of hydrogen-bond donors (Lipinski definition) is 1. The van der Waals surface area contributed by atoms with Crippen LogP contribution in [0.1, 0.15) is 15.9 Å². The lowest BCUT2D eigenvalue weighted by Gasteiger charge is -2.26. The second-order valence-electron chi connectivity index (χ2n) is 8.00. The van der Waals surface area contributed by atoms with Crippen LogP contribution in [-0.2, 0) is 21.4 Å². The molecule has 0 unspecified atom stereocenters. The van der Waals surface area contributed by atoms with Gasteiger partial charge in [0.05, 0.1) is 24.7 Å². The summed E-state index contributed by atoms with van der Waals surface area (Å²) in [5.41, 5.74) is 1.32. The summed E-state index contributed by atoms with van der Waals surface area (Å²) in [7, 11) is -3.55. The van der Waals surface area contributed by atoms with Crippen LogP contribution < -0.4 is 14.8 Å². The first kappa shape index (κ1) is 26.0. The van der Waals surface area contributed by atoms with Crippen LogP contribution in [0.4, 0.5) is 0 Å². The van der Waals surface area contributed by atoms with E-state index >= 15 is 0 Å². The maximum absolute atomic E-state index is 12.7. The first-order valence-electron chi connectivity index (χ1n) is 11.5. The van der Waals surface area contributed by atoms with Crippen molar-refractivity contribution < 1.29 is 27.4 Å². The third-order valence-electron chi connectivity index (χ3n) is 5.54. The molecule has 190 valence electrons. The maximum Gasteiger partial charge on any atom is 0.251 e. The molecule has 3 aromatic carbocycles. The molecule has 0 spiro atoms. The van der Waals surface area contributed by atoms with Gasteiger partial charge < -0.3 is 19.5 Å². The fourth-order valence-corrected chi connectivity index (χ4v) is 5.18. The SMILES string of the molecule is O=C(NCCOc1ccc(S(=O)(=O)N2CCOCC2)cc1)c1cccc(OCc2ccccc2Cl)c1. The number of ether oxygens (including phenoxy) is 3. The number of benzene rings is 3. The second-order valence-corrected chi connectivity index (χ2v) is 10.3. The molecule has 0 bridgehead atoms. The van der Waals surface area contributed by atoms with Crippen LogP contribution in [0.2, 0.25) is 5.02 Å². The summed E-state index contributed by atoms with van der Waals surface area (Å²) in [6.07, 6.45) is 0. The van der Waals surface area contributed by atoms with Crippen LogP contribution in [0.3, 0.4) is 0 Å². The highest BCUT2D eigenvalue weighted by Crippen LogP contribution is 2.21. The molecule has 0 saturated carbocycles. The summed E-state index contributed by atoms with van der Waals surface area (Å²) >= 11 is 6.16. The van der Waals surface area contributed by atoms with E-state index in [0.29, 0.717) is 55.0 Å². The molecule has 1 fully saturated rings. The molecule has 1 amide bonds. The minimum absolute atomic E-state index is 0.210. The lowest BCUT2D eigenvalue weighted by molar-refractivity contribution is 0.0730. The zero-order valence-corrected chi connectivity index (χ0v) is 21.1. The van der Waals surface area contributed by atoms with Crippen LogP contribution in [-0.4, -0.2) is 58.1 Å². The van der Waals surface area contributed by atoms with E-state index < -0.39 is 10.0 Å². The summed E-state index contributed by atoms with van der Waals surface area (Å²) in [4.78, 5) is 12.7. The minimum atomic E-state index is -3.55. The van der Waals surface area contributed by atoms with E-state index in [9.17, 15) is 13.2 Å². The van der Waals surface area contributed by atoms with Gasteiger partial charge in [-0.2, -0.15) is 4.31 Å². The van der Waals surface area contributed by atoms with Gasteiger partial charge in [0.2, 0.25) is 10.0 Å². The Morgan fingerprint density at radius 3 is 2.44 bits per heavy atom. The van der Waals surface area contributed by atoms with E-state index in [0.717, 1.165) is 5.56 Å². The Hall–Kier alpha value is -3.11. The Bertz CT molecular complexity index is 1280. The molecular weight excluding hydrogens is 504 g/mol. The van der Waals surface area contributed by atoms with Crippen LogP contribution in [0.25, 0.3) is 0 Å². The highest BCUT2D eigenvalue weighted by Gasteiger charge is 2.26. The second kappa shape index (κ2) is 12.2. The van der Waals surface area contributed by atoms with Gasteiger partial charge in [0.25, 0.3) is 5.91 Å². The Morgan fingerprint density at radius 2 is 1.69 bits per heavy atom. The van der Waals surface area contributed by atoms with E-state index in [4.69, 9.17) is 25.8 Å². The van der Waals surface area contributed by atoms with Gasteiger partial charge in [-0.1, -0.05) is 35.9 Å². The highest BCUT2D eigenvalue weighted by molar-refractivity contribution is 7.89. The number of halogens is 1. The Morgan fingerprint density at radius 1 is 0.944 bits per heavy atom. The predicted octanol–water partition coefficient (Wildman–Crippen LogP) is 3.75. The van der Waals surface area contributed by atoms with Gasteiger partial charge in [-0.05, 0) is 48.5 Å². The van der Waals surface area contributed by atoms with Crippen LogP contribution in [0.5, 0.6) is 11.5 Å². The number of carbonyl (C=O) groups is 1. The van der Waals surface area contributed by atoms with Gasteiger partial charge in [-0.3, -0.25) is 4.79 Å². The van der Waals surface area contributed by atoms with E-state index in [1.807, 2.05) is 18.2 Å². The monoisotopic (exact) mass is 530 g/mol. The third-order valence-corrected chi connectivity index (χ3v) is 7.82. The number of hydrogen-bond acceptors (Lipinski definition) is 6. The molecule has 1 aliphatic heterocycles. The lowest BCUT2D eigenvalue weighted by atomic mass is 10.2. The molecule has 1 N–H and O–H groups in total. The molecule has 4 rings (SSSR count). The first-order valence-corrected chi connectivity index (χ1v) is 13.3. The Balaban J connectivity index is 1.23. The van der Waals surface area contributed by atoms with Crippen LogP contribution in [0.15, 0.2) is 77.7 Å². The van der Waals surface area contributed by atoms with Crippen molar-refractivity contribution in [3.63, 3.8) is 0 Å². The van der Waals surface area contributed by atoms with Gasteiger partial charge in [0, 0.05) is 29.2 Å². The summed E-state index contributed by atoms with van der Waals surface area (Å²) in [5, 5.41) is 3.43. The molecule has 10 heteroatoms. The van der Waals surface area contributed by atoms with Gasteiger partial charge >= 0.3 is 0 Å². The molecule has 1 heterocycles. The van der Waals surface area contributed by atoms with Crippen LogP contribution in [0, 0.1) is 0 Å². The summed E-state index contributed by atoms with van der Waals surface area (Å²) < 4.78 is 43.4. The highest BCUT2D eigenvalue weighted by atomic mass is 35.5. The maximum atomic E-state index is 12.7. The quantitative estimate of drug-likeness (QED) is 0.401. The molecule has 1 aliphatic rings. The topological polar surface area (TPSA) is 94.2 Å². The van der Waals surface area contributed by atoms with Gasteiger partial charge in [-0.25, -0.2) is 8.42 Å². The molecule has 0 aromatic heterocycles. The number of nitrogens with one attached hydrogen (secondary N) is 1.